The normalized spacial score (nSPS) is 0.667. The molecule has 0 unspecified atom stereocenters. The van der Waals surface area contributed by atoms with Crippen LogP contribution in [-0.4, -0.2) is 5.48 Å². The molecule has 106 valence electrons. The Morgan fingerprint density at radius 1 is 0.333 bits per heavy atom. The van der Waals surface area contributed by atoms with Crippen LogP contribution >= 0.6 is 0 Å². The molecule has 12 heteroatoms. The zero-order valence-electron chi connectivity index (χ0n) is 10.5. The van der Waals surface area contributed by atoms with Gasteiger partial charge in [0.15, 0.2) is 0 Å². The smallest absolute Gasteiger partial charge is 0.512 e. The van der Waals surface area contributed by atoms with Crippen LogP contribution in [0.5, 0.6) is 0 Å². The van der Waals surface area contributed by atoms with E-state index in [9.17, 15) is 0 Å². The minimum atomic E-state index is 0. The topological polar surface area (TPSA) is 320 Å². The Labute approximate surface area is 119 Å². The van der Waals surface area contributed by atoms with Crippen molar-refractivity contribution < 1.29 is 22.5 Å². The van der Waals surface area contributed by atoms with Crippen molar-refractivity contribution >= 4 is 0 Å². The molecular formula is C6H18FeN10O. The number of quaternary nitrogens is 4. The number of rotatable bonds is 0. The summed E-state index contributed by atoms with van der Waals surface area (Å²) in [6.07, 6.45) is 0. The maximum absolute atomic E-state index is 6.25. The van der Waals surface area contributed by atoms with Gasteiger partial charge in [-0.05, 0) is 0 Å². The van der Waals surface area contributed by atoms with E-state index in [1.165, 1.54) is 0 Å². The third-order valence-corrected chi connectivity index (χ3v) is 0. The van der Waals surface area contributed by atoms with Crippen LogP contribution in [0.4, 0.5) is 0 Å². The minimum absolute atomic E-state index is 0. The van der Waals surface area contributed by atoms with E-state index in [1.54, 1.807) is 0 Å². The number of hydrogen-bond donors (Lipinski definition) is 4. The van der Waals surface area contributed by atoms with Crippen LogP contribution < -0.4 is 24.6 Å². The van der Waals surface area contributed by atoms with Crippen molar-refractivity contribution in [2.24, 2.45) is 0 Å². The van der Waals surface area contributed by atoms with Gasteiger partial charge in [-0.15, -0.1) is 0 Å². The van der Waals surface area contributed by atoms with Gasteiger partial charge in [-0.1, -0.05) is 0 Å². The summed E-state index contributed by atoms with van der Waals surface area (Å²) in [5, 5.41) is 37.5. The van der Waals surface area contributed by atoms with Gasteiger partial charge in [-0.2, -0.15) is 0 Å². The van der Waals surface area contributed by atoms with Crippen LogP contribution in [0.2, 0.25) is 0 Å². The molecule has 0 aliphatic carbocycles. The Morgan fingerprint density at radius 3 is 0.333 bits per heavy atom. The van der Waals surface area contributed by atoms with Gasteiger partial charge in [0.2, 0.25) is 0 Å². The van der Waals surface area contributed by atoms with Gasteiger partial charge >= 0.3 is 17.1 Å². The SMILES string of the molecule is O.[C-]#N.[C-]#N.[C-]#N.[C-]#N.[C-]#N.[C-]#N.[Fe+2].[NH4+].[NH4+].[NH4+].[NH4+]. The van der Waals surface area contributed by atoms with Crippen LogP contribution in [0.1, 0.15) is 0 Å². The third-order valence-electron chi connectivity index (χ3n) is 0. The molecule has 0 amide bonds. The summed E-state index contributed by atoms with van der Waals surface area (Å²) in [5.41, 5.74) is 0. The summed E-state index contributed by atoms with van der Waals surface area (Å²) >= 11 is 0. The van der Waals surface area contributed by atoms with Crippen molar-refractivity contribution in [2.45, 2.75) is 0 Å². The van der Waals surface area contributed by atoms with Crippen LogP contribution in [0, 0.1) is 71.0 Å². The third kappa shape index (κ3) is 265. The van der Waals surface area contributed by atoms with E-state index < -0.39 is 0 Å². The fraction of sp³-hybridized carbons (Fsp3) is 0. The van der Waals surface area contributed by atoms with Crippen LogP contribution in [-0.2, 0) is 17.1 Å². The molecule has 11 nitrogen and oxygen atoms in total. The van der Waals surface area contributed by atoms with Gasteiger partial charge in [-0.3, -0.25) is 0 Å². The molecule has 0 saturated carbocycles. The minimum Gasteiger partial charge on any atom is -0.512 e. The summed E-state index contributed by atoms with van der Waals surface area (Å²) < 4.78 is 0. The molecule has 0 aromatic carbocycles. The molecule has 0 saturated heterocycles. The summed E-state index contributed by atoms with van der Waals surface area (Å²) in [5.74, 6) is 0. The quantitative estimate of drug-likeness (QED) is 0.376. The maximum Gasteiger partial charge on any atom is 2.00 e. The van der Waals surface area contributed by atoms with Crippen molar-refractivity contribution in [3.05, 3.63) is 39.4 Å². The van der Waals surface area contributed by atoms with Gasteiger partial charge in [-0.25, -0.2) is 0 Å². The van der Waals surface area contributed by atoms with E-state index in [1.807, 2.05) is 0 Å². The fourth-order valence-corrected chi connectivity index (χ4v) is 0. The average molecular weight is 302 g/mol. The van der Waals surface area contributed by atoms with Crippen LogP contribution in [0.3, 0.4) is 0 Å². The zero-order valence-corrected chi connectivity index (χ0v) is 11.6. The Morgan fingerprint density at radius 2 is 0.333 bits per heavy atom. The molecule has 0 radical (unpaired) electrons. The van der Waals surface area contributed by atoms with E-state index >= 15 is 0 Å². The summed E-state index contributed by atoms with van der Waals surface area (Å²) in [4.78, 5) is 0. The van der Waals surface area contributed by atoms with E-state index in [0.29, 0.717) is 0 Å². The largest absolute Gasteiger partial charge is 2.00 e. The predicted molar refractivity (Wildman–Crippen MR) is 57.4 cm³/mol. The first-order valence-electron chi connectivity index (χ1n) is 1.34. The first-order chi connectivity index (χ1) is 6.00. The monoisotopic (exact) mass is 302 g/mol. The van der Waals surface area contributed by atoms with Gasteiger partial charge in [0.05, 0.1) is 0 Å². The molecule has 18 N–H and O–H groups in total. The number of nitrogens with zero attached hydrogens (tertiary/aromatic N) is 6. The molecule has 0 aromatic rings. The van der Waals surface area contributed by atoms with Gasteiger partial charge in [0.1, 0.15) is 0 Å². The summed E-state index contributed by atoms with van der Waals surface area (Å²) in [7, 11) is 0. The molecule has 0 heterocycles. The van der Waals surface area contributed by atoms with E-state index in [0.717, 1.165) is 0 Å². The Bertz CT molecular complexity index is 101. The van der Waals surface area contributed by atoms with E-state index in [2.05, 4.69) is 0 Å². The molecule has 0 atom stereocenters. The van der Waals surface area contributed by atoms with E-state index in [-0.39, 0.29) is 47.1 Å². The Kier molecular flexibility index (Phi) is 5420. The van der Waals surface area contributed by atoms with Gasteiger partial charge < -0.3 is 101 Å². The molecule has 0 aromatic heterocycles. The molecular weight excluding hydrogens is 284 g/mol. The van der Waals surface area contributed by atoms with Crippen molar-refractivity contribution in [1.29, 1.82) is 31.6 Å². The molecule has 0 aliphatic heterocycles. The second-order valence-corrected chi connectivity index (χ2v) is 0. The first kappa shape index (κ1) is 292. The first-order valence-corrected chi connectivity index (χ1v) is 1.34. The maximum atomic E-state index is 6.25. The van der Waals surface area contributed by atoms with Crippen molar-refractivity contribution in [2.75, 3.05) is 0 Å². The second-order valence-electron chi connectivity index (χ2n) is 0. The second kappa shape index (κ2) is 334. The molecule has 0 bridgehead atoms. The van der Waals surface area contributed by atoms with Crippen LogP contribution in [0.25, 0.3) is 0 Å². The number of hydrogen-bond acceptors (Lipinski definition) is 6. The standard InChI is InChI=1S/6CN.Fe.4H3N.H2O/c6*1-2;;;;;;/h;;;;;;;4*1H3;1H2/q6*-1;+2;;;;;/p+4. The zero-order chi connectivity index (χ0) is 12.0. The van der Waals surface area contributed by atoms with Crippen molar-refractivity contribution in [3.63, 3.8) is 0 Å². The van der Waals surface area contributed by atoms with E-state index in [4.69, 9.17) is 71.0 Å². The predicted octanol–water partition coefficient (Wildman–Crippen LogP) is 1.26. The molecule has 0 spiro atoms. The van der Waals surface area contributed by atoms with Crippen molar-refractivity contribution in [1.82, 2.24) is 24.6 Å². The molecule has 18 heavy (non-hydrogen) atoms. The molecule has 0 rings (SSSR count). The summed E-state index contributed by atoms with van der Waals surface area (Å²) in [6, 6.07) is 0. The Balaban J connectivity index is -0.00000000225. The van der Waals surface area contributed by atoms with Crippen molar-refractivity contribution in [3.8, 4) is 0 Å². The fourth-order valence-electron chi connectivity index (χ4n) is 0. The van der Waals surface area contributed by atoms with Crippen LogP contribution in [0.15, 0.2) is 0 Å². The summed E-state index contributed by atoms with van der Waals surface area (Å²) in [6.45, 7) is 28.5. The van der Waals surface area contributed by atoms with Gasteiger partial charge in [0.25, 0.3) is 0 Å². The molecule has 0 aliphatic rings. The Hall–Kier alpha value is -2.74. The van der Waals surface area contributed by atoms with Gasteiger partial charge in [0, 0.05) is 0 Å². The molecule has 0 fully saturated rings. The average Bonchev–Trinajstić information content (AvgIpc) is 2.33.